The fourth-order valence-electron chi connectivity index (χ4n) is 1.35. The number of hydrogen-bond acceptors (Lipinski definition) is 5. The van der Waals surface area contributed by atoms with Crippen LogP contribution in [0.2, 0.25) is 0 Å². The largest absolute Gasteiger partial charge is 0.326 e. The summed E-state index contributed by atoms with van der Waals surface area (Å²) in [6.45, 7) is 1.69. The quantitative estimate of drug-likeness (QED) is 0.648. The monoisotopic (exact) mass is 286 g/mol. The summed E-state index contributed by atoms with van der Waals surface area (Å²) < 4.78 is 21.9. The molecule has 1 amide bonds. The number of carbonyl (C=O) groups excluding carboxylic acids is 1. The van der Waals surface area contributed by atoms with Gasteiger partial charge in [0.1, 0.15) is 9.84 Å². The number of carbonyl (C=O) groups is 1. The van der Waals surface area contributed by atoms with Crippen molar-refractivity contribution in [3.8, 4) is 0 Å². The number of nitrogens with zero attached hydrogens (tertiary/aromatic N) is 1. The maximum Gasteiger partial charge on any atom is 0.271 e. The molecule has 0 aliphatic heterocycles. The Bertz CT molecular complexity index is 610. The molecule has 0 bridgehead atoms. The topological polar surface area (TPSA) is 106 Å². The highest BCUT2D eigenvalue weighted by atomic mass is 32.2. The van der Waals surface area contributed by atoms with Crippen LogP contribution in [-0.4, -0.2) is 31.3 Å². The highest BCUT2D eigenvalue weighted by Crippen LogP contribution is 2.21. The lowest BCUT2D eigenvalue weighted by Crippen LogP contribution is -2.17. The first kappa shape index (κ1) is 15.1. The summed E-state index contributed by atoms with van der Waals surface area (Å²) in [5.74, 6) is -0.749. The maximum atomic E-state index is 11.5. The number of anilines is 1. The molecule has 0 saturated carbocycles. The van der Waals surface area contributed by atoms with Crippen LogP contribution in [0.15, 0.2) is 18.2 Å². The molecule has 0 saturated heterocycles. The van der Waals surface area contributed by atoms with Gasteiger partial charge in [0, 0.05) is 24.8 Å². The first-order valence-corrected chi connectivity index (χ1v) is 7.48. The summed E-state index contributed by atoms with van der Waals surface area (Å²) in [6.07, 6.45) is 0.861. The first-order chi connectivity index (χ1) is 8.69. The number of aryl methyl sites for hydroxylation is 1. The molecule has 0 atom stereocenters. The van der Waals surface area contributed by atoms with Crippen LogP contribution >= 0.6 is 0 Å². The minimum Gasteiger partial charge on any atom is -0.326 e. The van der Waals surface area contributed by atoms with E-state index in [9.17, 15) is 23.3 Å². The Morgan fingerprint density at radius 3 is 2.58 bits per heavy atom. The lowest BCUT2D eigenvalue weighted by molar-refractivity contribution is -0.384. The average molecular weight is 286 g/mol. The van der Waals surface area contributed by atoms with E-state index in [0.717, 1.165) is 6.26 Å². The van der Waals surface area contributed by atoms with Gasteiger partial charge in [-0.25, -0.2) is 8.42 Å². The molecule has 7 nitrogen and oxygen atoms in total. The van der Waals surface area contributed by atoms with Crippen molar-refractivity contribution < 1.29 is 18.1 Å². The SMILES string of the molecule is Cc1ccc([N+](=O)[O-])cc1NC(=O)CCS(C)(=O)=O. The van der Waals surface area contributed by atoms with Crippen LogP contribution in [0.3, 0.4) is 0 Å². The van der Waals surface area contributed by atoms with E-state index in [1.165, 1.54) is 18.2 Å². The zero-order valence-corrected chi connectivity index (χ0v) is 11.4. The van der Waals surface area contributed by atoms with Crippen molar-refractivity contribution in [2.24, 2.45) is 0 Å². The van der Waals surface area contributed by atoms with Gasteiger partial charge in [-0.05, 0) is 12.5 Å². The number of hydrogen-bond donors (Lipinski definition) is 1. The van der Waals surface area contributed by atoms with Gasteiger partial charge in [0.25, 0.3) is 5.69 Å². The van der Waals surface area contributed by atoms with Crippen LogP contribution in [0.25, 0.3) is 0 Å². The molecule has 19 heavy (non-hydrogen) atoms. The predicted octanol–water partition coefficient (Wildman–Crippen LogP) is 1.28. The van der Waals surface area contributed by atoms with Crippen molar-refractivity contribution in [2.45, 2.75) is 13.3 Å². The Morgan fingerprint density at radius 2 is 2.05 bits per heavy atom. The number of non-ortho nitro benzene ring substituents is 1. The fraction of sp³-hybridized carbons (Fsp3) is 0.364. The number of nitro groups is 1. The van der Waals surface area contributed by atoms with Gasteiger partial charge in [-0.15, -0.1) is 0 Å². The molecule has 8 heteroatoms. The second-order valence-electron chi connectivity index (χ2n) is 4.18. The third kappa shape index (κ3) is 5.04. The van der Waals surface area contributed by atoms with Crippen LogP contribution in [0.5, 0.6) is 0 Å². The average Bonchev–Trinajstić information content (AvgIpc) is 2.28. The molecule has 0 aliphatic rings. The number of rotatable bonds is 5. The van der Waals surface area contributed by atoms with Crippen molar-refractivity contribution in [3.63, 3.8) is 0 Å². The number of amides is 1. The molecule has 0 aromatic heterocycles. The Labute approximate surface area is 110 Å². The van der Waals surface area contributed by atoms with E-state index >= 15 is 0 Å². The molecule has 0 aliphatic carbocycles. The standard InChI is InChI=1S/C11H14N2O5S/c1-8-3-4-9(13(15)16)7-10(8)12-11(14)5-6-19(2,17)18/h3-4,7H,5-6H2,1-2H3,(H,12,14). The summed E-state index contributed by atoms with van der Waals surface area (Å²) >= 11 is 0. The summed E-state index contributed by atoms with van der Waals surface area (Å²) in [6, 6.07) is 4.10. The molecule has 0 spiro atoms. The third-order valence-corrected chi connectivity index (χ3v) is 3.35. The van der Waals surface area contributed by atoms with Gasteiger partial charge in [-0.3, -0.25) is 14.9 Å². The van der Waals surface area contributed by atoms with Gasteiger partial charge in [-0.2, -0.15) is 0 Å². The first-order valence-electron chi connectivity index (χ1n) is 5.41. The van der Waals surface area contributed by atoms with E-state index in [2.05, 4.69) is 5.32 Å². The van der Waals surface area contributed by atoms with Crippen LogP contribution in [-0.2, 0) is 14.6 Å². The highest BCUT2D eigenvalue weighted by molar-refractivity contribution is 7.90. The molecule has 1 aromatic rings. The van der Waals surface area contributed by atoms with Gasteiger partial charge in [0.2, 0.25) is 5.91 Å². The normalized spacial score (nSPS) is 11.1. The smallest absolute Gasteiger partial charge is 0.271 e. The van der Waals surface area contributed by atoms with E-state index in [1.807, 2.05) is 0 Å². The van der Waals surface area contributed by atoms with Crippen molar-refractivity contribution >= 4 is 27.1 Å². The number of benzene rings is 1. The van der Waals surface area contributed by atoms with E-state index in [0.29, 0.717) is 11.3 Å². The van der Waals surface area contributed by atoms with Crippen molar-refractivity contribution in [2.75, 3.05) is 17.3 Å². The van der Waals surface area contributed by atoms with E-state index in [-0.39, 0.29) is 17.9 Å². The second kappa shape index (κ2) is 5.79. The summed E-state index contributed by atoms with van der Waals surface area (Å²) in [4.78, 5) is 21.6. The van der Waals surface area contributed by atoms with Gasteiger partial charge >= 0.3 is 0 Å². The second-order valence-corrected chi connectivity index (χ2v) is 6.44. The van der Waals surface area contributed by atoms with Crippen LogP contribution in [0.1, 0.15) is 12.0 Å². The van der Waals surface area contributed by atoms with Crippen molar-refractivity contribution in [1.29, 1.82) is 0 Å². The molecule has 1 aromatic carbocycles. The third-order valence-electron chi connectivity index (χ3n) is 2.41. The van der Waals surface area contributed by atoms with Gasteiger partial charge in [0.05, 0.1) is 16.4 Å². The van der Waals surface area contributed by atoms with Gasteiger partial charge in [0.15, 0.2) is 0 Å². The minimum atomic E-state index is -3.21. The number of sulfone groups is 1. The molecular formula is C11H14N2O5S. The lowest BCUT2D eigenvalue weighted by atomic mass is 10.2. The molecule has 104 valence electrons. The molecule has 0 heterocycles. The molecular weight excluding hydrogens is 272 g/mol. The van der Waals surface area contributed by atoms with Crippen LogP contribution < -0.4 is 5.32 Å². The summed E-state index contributed by atoms with van der Waals surface area (Å²) in [5, 5.41) is 13.1. The van der Waals surface area contributed by atoms with Gasteiger partial charge < -0.3 is 5.32 Å². The van der Waals surface area contributed by atoms with E-state index < -0.39 is 20.7 Å². The van der Waals surface area contributed by atoms with E-state index in [1.54, 1.807) is 6.92 Å². The highest BCUT2D eigenvalue weighted by Gasteiger charge is 2.12. The molecule has 1 rings (SSSR count). The zero-order valence-electron chi connectivity index (χ0n) is 10.5. The molecule has 0 radical (unpaired) electrons. The Balaban J connectivity index is 2.79. The summed E-state index contributed by atoms with van der Waals surface area (Å²) in [7, 11) is -3.21. The minimum absolute atomic E-state index is 0.135. The number of nitro benzene ring substituents is 1. The van der Waals surface area contributed by atoms with Crippen LogP contribution in [0.4, 0.5) is 11.4 Å². The van der Waals surface area contributed by atoms with Gasteiger partial charge in [-0.1, -0.05) is 6.07 Å². The van der Waals surface area contributed by atoms with Crippen molar-refractivity contribution in [1.82, 2.24) is 0 Å². The predicted molar refractivity (Wildman–Crippen MR) is 70.8 cm³/mol. The van der Waals surface area contributed by atoms with E-state index in [4.69, 9.17) is 0 Å². The Morgan fingerprint density at radius 1 is 1.42 bits per heavy atom. The molecule has 1 N–H and O–H groups in total. The Kier molecular flexibility index (Phi) is 4.60. The zero-order chi connectivity index (χ0) is 14.6. The molecule has 0 fully saturated rings. The van der Waals surface area contributed by atoms with Crippen molar-refractivity contribution in [3.05, 3.63) is 33.9 Å². The summed E-state index contributed by atoms with van der Waals surface area (Å²) in [5.41, 5.74) is 0.843. The van der Waals surface area contributed by atoms with Crippen LogP contribution in [0, 0.1) is 17.0 Å². The fourth-order valence-corrected chi connectivity index (χ4v) is 1.91. The Hall–Kier alpha value is -1.96. The lowest BCUT2D eigenvalue weighted by Gasteiger charge is -2.07. The maximum absolute atomic E-state index is 11.5. The molecule has 0 unspecified atom stereocenters. The number of nitrogens with one attached hydrogen (secondary N) is 1.